The van der Waals surface area contributed by atoms with Crippen LogP contribution in [0.2, 0.25) is 5.02 Å². The number of nitrogens with one attached hydrogen (secondary N) is 1. The van der Waals surface area contributed by atoms with E-state index in [0.29, 0.717) is 5.02 Å². The molecule has 1 atom stereocenters. The number of hydrogen-bond donors (Lipinski definition) is 2. The smallest absolute Gasteiger partial charge is 0.140 e. The van der Waals surface area contributed by atoms with Crippen molar-refractivity contribution in [1.29, 1.82) is 0 Å². The first-order valence-corrected chi connectivity index (χ1v) is 8.11. The number of phenolic OH excluding ortho intramolecular Hbond substituents is 1. The summed E-state index contributed by atoms with van der Waals surface area (Å²) >= 11 is 9.70. The summed E-state index contributed by atoms with van der Waals surface area (Å²) in [5.74, 6) is 0.194. The fraction of sp³-hybridized carbons (Fsp3) is 0.600. The summed E-state index contributed by atoms with van der Waals surface area (Å²) < 4.78 is 0.915. The zero-order chi connectivity index (χ0) is 14.9. The minimum absolute atomic E-state index is 0. The van der Waals surface area contributed by atoms with Crippen molar-refractivity contribution in [3.63, 3.8) is 0 Å². The van der Waals surface area contributed by atoms with E-state index in [0.717, 1.165) is 36.2 Å². The molecule has 0 saturated carbocycles. The van der Waals surface area contributed by atoms with Gasteiger partial charge in [0.1, 0.15) is 5.75 Å². The standard InChI is InChI=1S/C15H22BrClN2O.2ClH/c1-15(2,3)14(19-8-6-18-7-9-19)12-10(16)4-5-11(17)13(12)20;;/h4-5,14,18,20H,6-9H2,1-3H3;2*1H/t14-;;/m1../s1. The Morgan fingerprint density at radius 1 is 1.23 bits per heavy atom. The Bertz CT molecular complexity index is 488. The van der Waals surface area contributed by atoms with Crippen LogP contribution in [0.25, 0.3) is 0 Å². The van der Waals surface area contributed by atoms with Gasteiger partial charge < -0.3 is 10.4 Å². The van der Waals surface area contributed by atoms with E-state index < -0.39 is 0 Å². The lowest BCUT2D eigenvalue weighted by Gasteiger charge is -2.43. The van der Waals surface area contributed by atoms with Gasteiger partial charge in [-0.25, -0.2) is 0 Å². The van der Waals surface area contributed by atoms with Crippen LogP contribution in [0.15, 0.2) is 16.6 Å². The van der Waals surface area contributed by atoms with Gasteiger partial charge in [0.2, 0.25) is 0 Å². The molecule has 128 valence electrons. The minimum atomic E-state index is 0. The second-order valence-corrected chi connectivity index (χ2v) is 7.61. The zero-order valence-corrected chi connectivity index (χ0v) is 17.0. The van der Waals surface area contributed by atoms with Crippen LogP contribution < -0.4 is 5.32 Å². The van der Waals surface area contributed by atoms with Gasteiger partial charge in [-0.2, -0.15) is 0 Å². The monoisotopic (exact) mass is 432 g/mol. The maximum Gasteiger partial charge on any atom is 0.140 e. The van der Waals surface area contributed by atoms with Crippen LogP contribution in [-0.2, 0) is 0 Å². The first-order chi connectivity index (χ1) is 9.32. The van der Waals surface area contributed by atoms with Crippen LogP contribution in [0.5, 0.6) is 5.75 Å². The summed E-state index contributed by atoms with van der Waals surface area (Å²) in [7, 11) is 0. The highest BCUT2D eigenvalue weighted by molar-refractivity contribution is 9.10. The summed E-state index contributed by atoms with van der Waals surface area (Å²) in [5, 5.41) is 14.2. The molecule has 2 N–H and O–H groups in total. The normalized spacial score (nSPS) is 17.3. The van der Waals surface area contributed by atoms with Gasteiger partial charge >= 0.3 is 0 Å². The van der Waals surface area contributed by atoms with Crippen LogP contribution in [0.3, 0.4) is 0 Å². The maximum atomic E-state index is 10.4. The third-order valence-corrected chi connectivity index (χ3v) is 4.72. The molecule has 7 heteroatoms. The van der Waals surface area contributed by atoms with Crippen LogP contribution in [0.1, 0.15) is 32.4 Å². The highest BCUT2D eigenvalue weighted by Gasteiger charge is 2.36. The molecule has 1 heterocycles. The summed E-state index contributed by atoms with van der Waals surface area (Å²) in [6, 6.07) is 3.76. The lowest BCUT2D eigenvalue weighted by Crippen LogP contribution is -2.48. The first-order valence-electron chi connectivity index (χ1n) is 6.94. The van der Waals surface area contributed by atoms with E-state index in [4.69, 9.17) is 11.6 Å². The topological polar surface area (TPSA) is 35.5 Å². The van der Waals surface area contributed by atoms with E-state index in [2.05, 4.69) is 46.9 Å². The number of hydrogen-bond acceptors (Lipinski definition) is 3. The molecular weight excluding hydrogens is 410 g/mol. The van der Waals surface area contributed by atoms with Crippen molar-refractivity contribution in [2.24, 2.45) is 5.41 Å². The Labute approximate surface area is 158 Å². The van der Waals surface area contributed by atoms with Gasteiger partial charge in [0, 0.05) is 42.3 Å². The molecule has 0 aliphatic carbocycles. The molecule has 22 heavy (non-hydrogen) atoms. The third kappa shape index (κ3) is 4.89. The van der Waals surface area contributed by atoms with Crippen molar-refractivity contribution in [3.8, 4) is 5.75 Å². The highest BCUT2D eigenvalue weighted by Crippen LogP contribution is 2.46. The molecule has 0 unspecified atom stereocenters. The molecule has 1 aliphatic rings. The number of benzene rings is 1. The fourth-order valence-electron chi connectivity index (χ4n) is 2.92. The third-order valence-electron chi connectivity index (χ3n) is 3.73. The van der Waals surface area contributed by atoms with Crippen LogP contribution in [0.4, 0.5) is 0 Å². The Morgan fingerprint density at radius 3 is 2.27 bits per heavy atom. The van der Waals surface area contributed by atoms with Crippen molar-refractivity contribution < 1.29 is 5.11 Å². The van der Waals surface area contributed by atoms with E-state index in [-0.39, 0.29) is 42.0 Å². The predicted molar refractivity (Wildman–Crippen MR) is 102 cm³/mol. The second-order valence-electron chi connectivity index (χ2n) is 6.35. The molecule has 0 amide bonds. The van der Waals surface area contributed by atoms with Crippen molar-refractivity contribution in [1.82, 2.24) is 10.2 Å². The molecule has 0 radical (unpaired) electrons. The van der Waals surface area contributed by atoms with Gasteiger partial charge in [-0.1, -0.05) is 48.3 Å². The zero-order valence-electron chi connectivity index (χ0n) is 13.0. The maximum absolute atomic E-state index is 10.4. The van der Waals surface area contributed by atoms with E-state index in [1.54, 1.807) is 6.07 Å². The van der Waals surface area contributed by atoms with E-state index in [9.17, 15) is 5.11 Å². The summed E-state index contributed by atoms with van der Waals surface area (Å²) in [5.41, 5.74) is 0.897. The van der Waals surface area contributed by atoms with Crippen LogP contribution in [0, 0.1) is 5.41 Å². The number of piperazine rings is 1. The van der Waals surface area contributed by atoms with Gasteiger partial charge in [-0.3, -0.25) is 4.90 Å². The predicted octanol–water partition coefficient (Wildman–Crippen LogP) is 4.64. The lowest BCUT2D eigenvalue weighted by molar-refractivity contribution is 0.0837. The minimum Gasteiger partial charge on any atom is -0.506 e. The summed E-state index contributed by atoms with van der Waals surface area (Å²) in [6.45, 7) is 10.5. The van der Waals surface area contributed by atoms with E-state index >= 15 is 0 Å². The highest BCUT2D eigenvalue weighted by atomic mass is 79.9. The Hall–Kier alpha value is 0.290. The van der Waals surface area contributed by atoms with Gasteiger partial charge in [0.15, 0.2) is 0 Å². The summed E-state index contributed by atoms with van der Waals surface area (Å²) in [4.78, 5) is 2.42. The van der Waals surface area contributed by atoms with Crippen LogP contribution >= 0.6 is 52.3 Å². The molecule has 1 aromatic carbocycles. The fourth-order valence-corrected chi connectivity index (χ4v) is 3.62. The Balaban J connectivity index is 0.00000220. The SMILES string of the molecule is CC(C)(C)[C@@H](c1c(Br)ccc(Cl)c1O)N1CCNCC1.Cl.Cl. The average Bonchev–Trinajstić information content (AvgIpc) is 2.39. The molecule has 0 spiro atoms. The van der Waals surface area contributed by atoms with Crippen molar-refractivity contribution >= 4 is 52.3 Å². The number of phenols is 1. The second kappa shape index (κ2) is 8.95. The van der Waals surface area contributed by atoms with Crippen molar-refractivity contribution in [3.05, 3.63) is 27.2 Å². The molecule has 0 aromatic heterocycles. The van der Waals surface area contributed by atoms with Crippen LogP contribution in [-0.4, -0.2) is 36.2 Å². The number of rotatable bonds is 2. The van der Waals surface area contributed by atoms with Gasteiger partial charge in [0.05, 0.1) is 5.02 Å². The molecule has 1 saturated heterocycles. The van der Waals surface area contributed by atoms with Gasteiger partial charge in [-0.15, -0.1) is 24.8 Å². The molecule has 0 bridgehead atoms. The molecule has 1 aliphatic heterocycles. The Morgan fingerprint density at radius 2 is 1.77 bits per heavy atom. The number of nitrogens with zero attached hydrogens (tertiary/aromatic N) is 1. The van der Waals surface area contributed by atoms with E-state index in [1.165, 1.54) is 0 Å². The quantitative estimate of drug-likeness (QED) is 0.712. The molecule has 1 fully saturated rings. The largest absolute Gasteiger partial charge is 0.506 e. The first kappa shape index (κ1) is 22.3. The molecule has 2 rings (SSSR count). The Kier molecular flexibility index (Phi) is 9.07. The average molecular weight is 435 g/mol. The van der Waals surface area contributed by atoms with Crippen molar-refractivity contribution in [2.45, 2.75) is 26.8 Å². The number of aromatic hydroxyl groups is 1. The molecule has 3 nitrogen and oxygen atoms in total. The van der Waals surface area contributed by atoms with Gasteiger partial charge in [0.25, 0.3) is 0 Å². The molecular formula is C15H24BrCl3N2O. The van der Waals surface area contributed by atoms with E-state index in [1.807, 2.05) is 6.07 Å². The molecule has 1 aromatic rings. The van der Waals surface area contributed by atoms with Crippen molar-refractivity contribution in [2.75, 3.05) is 26.2 Å². The lowest BCUT2D eigenvalue weighted by atomic mass is 9.80. The van der Waals surface area contributed by atoms with Gasteiger partial charge in [-0.05, 0) is 17.5 Å². The number of halogens is 4. The summed E-state index contributed by atoms with van der Waals surface area (Å²) in [6.07, 6.45) is 0.